The summed E-state index contributed by atoms with van der Waals surface area (Å²) in [5.74, 6) is 0. The SMILES string of the molecule is N#CCC=Cc1cc([N+](=O)[O-])ccc1Cl. The van der Waals surface area contributed by atoms with Crippen molar-refractivity contribution in [2.24, 2.45) is 0 Å². The summed E-state index contributed by atoms with van der Waals surface area (Å²) in [6, 6.07) is 6.10. The standard InChI is InChI=1S/C10H7ClN2O2/c11-10-5-4-9(13(14)15)7-8(10)3-1-2-6-12/h1,3-5,7H,2H2. The van der Waals surface area contributed by atoms with E-state index in [-0.39, 0.29) is 12.1 Å². The molecule has 5 heteroatoms. The van der Waals surface area contributed by atoms with Crippen LogP contribution in [0.2, 0.25) is 5.02 Å². The van der Waals surface area contributed by atoms with Crippen molar-refractivity contribution < 1.29 is 4.92 Å². The molecule has 76 valence electrons. The molecule has 0 unspecified atom stereocenters. The first kappa shape index (κ1) is 11.2. The summed E-state index contributed by atoms with van der Waals surface area (Å²) in [7, 11) is 0. The van der Waals surface area contributed by atoms with Crippen molar-refractivity contribution in [3.63, 3.8) is 0 Å². The van der Waals surface area contributed by atoms with E-state index in [0.29, 0.717) is 10.6 Å². The van der Waals surface area contributed by atoms with Gasteiger partial charge in [0.2, 0.25) is 0 Å². The fraction of sp³-hybridized carbons (Fsp3) is 0.100. The molecule has 1 aromatic carbocycles. The van der Waals surface area contributed by atoms with Gasteiger partial charge in [0.15, 0.2) is 0 Å². The third-order valence-electron chi connectivity index (χ3n) is 1.70. The molecule has 0 N–H and O–H groups in total. The highest BCUT2D eigenvalue weighted by Crippen LogP contribution is 2.23. The molecule has 0 aliphatic rings. The highest BCUT2D eigenvalue weighted by atomic mass is 35.5. The first-order chi connectivity index (χ1) is 7.15. The van der Waals surface area contributed by atoms with E-state index >= 15 is 0 Å². The first-order valence-electron chi connectivity index (χ1n) is 4.12. The monoisotopic (exact) mass is 222 g/mol. The zero-order valence-corrected chi connectivity index (χ0v) is 8.44. The summed E-state index contributed by atoms with van der Waals surface area (Å²) in [6.07, 6.45) is 3.45. The fourth-order valence-electron chi connectivity index (χ4n) is 1.01. The number of halogens is 1. The number of hydrogen-bond acceptors (Lipinski definition) is 3. The van der Waals surface area contributed by atoms with Gasteiger partial charge in [0.25, 0.3) is 5.69 Å². The molecule has 15 heavy (non-hydrogen) atoms. The average molecular weight is 223 g/mol. The Bertz CT molecular complexity index is 449. The maximum Gasteiger partial charge on any atom is 0.270 e. The molecule has 0 heterocycles. The van der Waals surface area contributed by atoms with Crippen LogP contribution in [0.25, 0.3) is 6.08 Å². The van der Waals surface area contributed by atoms with Gasteiger partial charge >= 0.3 is 0 Å². The second kappa shape index (κ2) is 5.13. The van der Waals surface area contributed by atoms with Crippen molar-refractivity contribution in [2.45, 2.75) is 6.42 Å². The Balaban J connectivity index is 3.01. The van der Waals surface area contributed by atoms with Crippen molar-refractivity contribution in [2.75, 3.05) is 0 Å². The summed E-state index contributed by atoms with van der Waals surface area (Å²) in [5.41, 5.74) is 0.525. The number of allylic oxidation sites excluding steroid dienone is 1. The molecule has 0 saturated carbocycles. The molecule has 4 nitrogen and oxygen atoms in total. The maximum absolute atomic E-state index is 10.5. The number of non-ortho nitro benzene ring substituents is 1. The van der Waals surface area contributed by atoms with Crippen molar-refractivity contribution in [3.8, 4) is 6.07 Å². The second-order valence-corrected chi connectivity index (χ2v) is 3.13. The Hall–Kier alpha value is -1.86. The van der Waals surface area contributed by atoms with Gasteiger partial charge in [-0.1, -0.05) is 23.8 Å². The predicted octanol–water partition coefficient (Wildman–Crippen LogP) is 3.18. The molecule has 0 bridgehead atoms. The summed E-state index contributed by atoms with van der Waals surface area (Å²) in [6.45, 7) is 0. The van der Waals surface area contributed by atoms with Gasteiger partial charge in [-0.25, -0.2) is 0 Å². The van der Waals surface area contributed by atoms with Crippen LogP contribution in [0.4, 0.5) is 5.69 Å². The smallest absolute Gasteiger partial charge is 0.258 e. The van der Waals surface area contributed by atoms with Crippen LogP contribution in [0.3, 0.4) is 0 Å². The van der Waals surface area contributed by atoms with Crippen LogP contribution in [0.15, 0.2) is 24.3 Å². The van der Waals surface area contributed by atoms with Gasteiger partial charge in [0, 0.05) is 17.2 Å². The lowest BCUT2D eigenvalue weighted by atomic mass is 10.2. The summed E-state index contributed by atoms with van der Waals surface area (Å²) in [4.78, 5) is 9.99. The van der Waals surface area contributed by atoms with Crippen LogP contribution >= 0.6 is 11.6 Å². The number of benzene rings is 1. The van der Waals surface area contributed by atoms with E-state index in [1.54, 1.807) is 12.2 Å². The molecular weight excluding hydrogens is 216 g/mol. The average Bonchev–Trinajstić information content (AvgIpc) is 2.20. The number of hydrogen-bond donors (Lipinski definition) is 0. The first-order valence-corrected chi connectivity index (χ1v) is 4.50. The van der Waals surface area contributed by atoms with Gasteiger partial charge in [0.1, 0.15) is 0 Å². The van der Waals surface area contributed by atoms with E-state index in [1.165, 1.54) is 18.2 Å². The van der Waals surface area contributed by atoms with Gasteiger partial charge in [0.05, 0.1) is 17.4 Å². The molecule has 0 amide bonds. The van der Waals surface area contributed by atoms with Crippen LogP contribution in [0.5, 0.6) is 0 Å². The molecule has 1 aromatic rings. The third-order valence-corrected chi connectivity index (χ3v) is 2.04. The van der Waals surface area contributed by atoms with Crippen molar-refractivity contribution >= 4 is 23.4 Å². The highest BCUT2D eigenvalue weighted by Gasteiger charge is 2.07. The summed E-state index contributed by atoms with van der Waals surface area (Å²) in [5, 5.41) is 19.2. The maximum atomic E-state index is 10.5. The lowest BCUT2D eigenvalue weighted by Crippen LogP contribution is -1.88. The number of nitro benzene ring substituents is 1. The normalized spacial score (nSPS) is 10.1. The van der Waals surface area contributed by atoms with Gasteiger partial charge in [-0.2, -0.15) is 5.26 Å². The molecule has 0 aromatic heterocycles. The number of nitriles is 1. The Morgan fingerprint density at radius 1 is 1.60 bits per heavy atom. The van der Waals surface area contributed by atoms with Crippen molar-refractivity contribution in [3.05, 3.63) is 45.0 Å². The molecule has 0 atom stereocenters. The Kier molecular flexibility index (Phi) is 3.83. The Morgan fingerprint density at radius 3 is 2.93 bits per heavy atom. The molecule has 0 aliphatic carbocycles. The van der Waals surface area contributed by atoms with Crippen molar-refractivity contribution in [1.82, 2.24) is 0 Å². The molecule has 0 aliphatic heterocycles. The predicted molar refractivity (Wildman–Crippen MR) is 57.4 cm³/mol. The van der Waals surface area contributed by atoms with Crippen LogP contribution in [0.1, 0.15) is 12.0 Å². The van der Waals surface area contributed by atoms with Crippen LogP contribution < -0.4 is 0 Å². The van der Waals surface area contributed by atoms with E-state index in [1.807, 2.05) is 6.07 Å². The molecule has 0 saturated heterocycles. The number of rotatable bonds is 3. The van der Waals surface area contributed by atoms with E-state index in [2.05, 4.69) is 0 Å². The summed E-state index contributed by atoms with van der Waals surface area (Å²) < 4.78 is 0. The minimum Gasteiger partial charge on any atom is -0.258 e. The second-order valence-electron chi connectivity index (χ2n) is 2.73. The number of nitro groups is 1. The van der Waals surface area contributed by atoms with Crippen molar-refractivity contribution in [1.29, 1.82) is 5.26 Å². The molecular formula is C10H7ClN2O2. The van der Waals surface area contributed by atoms with Crippen LogP contribution in [-0.4, -0.2) is 4.92 Å². The van der Waals surface area contributed by atoms with Crippen LogP contribution in [0, 0.1) is 21.4 Å². The highest BCUT2D eigenvalue weighted by molar-refractivity contribution is 6.32. The van der Waals surface area contributed by atoms with Gasteiger partial charge in [-0.05, 0) is 11.6 Å². The topological polar surface area (TPSA) is 66.9 Å². The van der Waals surface area contributed by atoms with E-state index in [0.717, 1.165) is 0 Å². The Labute approximate surface area is 91.6 Å². The third kappa shape index (κ3) is 3.08. The van der Waals surface area contributed by atoms with E-state index in [4.69, 9.17) is 16.9 Å². The van der Waals surface area contributed by atoms with Crippen LogP contribution in [-0.2, 0) is 0 Å². The van der Waals surface area contributed by atoms with E-state index < -0.39 is 4.92 Å². The molecule has 0 spiro atoms. The molecule has 0 radical (unpaired) electrons. The minimum atomic E-state index is -0.488. The van der Waals surface area contributed by atoms with E-state index in [9.17, 15) is 10.1 Å². The van der Waals surface area contributed by atoms with Gasteiger partial charge in [-0.3, -0.25) is 10.1 Å². The number of nitrogens with zero attached hydrogens (tertiary/aromatic N) is 2. The quantitative estimate of drug-likeness (QED) is 0.583. The lowest BCUT2D eigenvalue weighted by molar-refractivity contribution is -0.384. The van der Waals surface area contributed by atoms with Gasteiger partial charge in [-0.15, -0.1) is 0 Å². The minimum absolute atomic E-state index is 0.0176. The zero-order valence-electron chi connectivity index (χ0n) is 7.68. The zero-order chi connectivity index (χ0) is 11.3. The largest absolute Gasteiger partial charge is 0.270 e. The fourth-order valence-corrected chi connectivity index (χ4v) is 1.19. The Morgan fingerprint density at radius 2 is 2.33 bits per heavy atom. The molecule has 1 rings (SSSR count). The lowest BCUT2D eigenvalue weighted by Gasteiger charge is -1.97. The summed E-state index contributed by atoms with van der Waals surface area (Å²) >= 11 is 5.82. The molecule has 0 fully saturated rings. The van der Waals surface area contributed by atoms with Gasteiger partial charge < -0.3 is 0 Å².